The van der Waals surface area contributed by atoms with E-state index in [0.717, 1.165) is 28.8 Å². The molecule has 1 atom stereocenters. The Balaban J connectivity index is 1.83. The van der Waals surface area contributed by atoms with Crippen LogP contribution in [0.5, 0.6) is 0 Å². The number of pyridine rings is 1. The van der Waals surface area contributed by atoms with Crippen molar-refractivity contribution in [2.24, 2.45) is 0 Å². The Hall–Kier alpha value is -2.68. The summed E-state index contributed by atoms with van der Waals surface area (Å²) in [5.41, 5.74) is 2.60. The summed E-state index contributed by atoms with van der Waals surface area (Å²) in [5.74, 6) is -1.89. The van der Waals surface area contributed by atoms with Crippen molar-refractivity contribution in [3.8, 4) is 11.1 Å². The monoisotopic (exact) mass is 389 g/mol. The summed E-state index contributed by atoms with van der Waals surface area (Å²) in [5, 5.41) is 0. The molecular formula is C19H15F2N2O3S-. The minimum atomic E-state index is -2.32. The van der Waals surface area contributed by atoms with Gasteiger partial charge in [0, 0.05) is 30.1 Å². The minimum Gasteiger partial charge on any atom is -0.760 e. The second kappa shape index (κ2) is 8.34. The highest BCUT2D eigenvalue weighted by Crippen LogP contribution is 2.19. The molecule has 27 heavy (non-hydrogen) atoms. The van der Waals surface area contributed by atoms with Crippen LogP contribution in [0, 0.1) is 11.6 Å². The fraction of sp³-hybridized carbons (Fsp3) is 0.105. The molecule has 1 aromatic heterocycles. The molecule has 5 nitrogen and oxygen atoms in total. The van der Waals surface area contributed by atoms with Crippen molar-refractivity contribution < 1.29 is 17.5 Å². The first-order valence-electron chi connectivity index (χ1n) is 7.99. The average Bonchev–Trinajstić information content (AvgIpc) is 2.65. The summed E-state index contributed by atoms with van der Waals surface area (Å²) < 4.78 is 51.2. The number of benzene rings is 2. The summed E-state index contributed by atoms with van der Waals surface area (Å²) in [7, 11) is 0. The molecule has 0 aliphatic carbocycles. The molecule has 1 unspecified atom stereocenters. The van der Waals surface area contributed by atoms with Gasteiger partial charge < -0.3 is 9.12 Å². The molecule has 0 aliphatic heterocycles. The SMILES string of the molecule is O=c1ccc(-c2ccc(CNS(=O)[O-])cc2)cn1Cc1ccc(F)c(F)c1. The Morgan fingerprint density at radius 3 is 2.26 bits per heavy atom. The van der Waals surface area contributed by atoms with Crippen molar-refractivity contribution in [3.05, 3.63) is 93.9 Å². The van der Waals surface area contributed by atoms with E-state index >= 15 is 0 Å². The van der Waals surface area contributed by atoms with E-state index < -0.39 is 22.9 Å². The first-order valence-corrected chi connectivity index (χ1v) is 9.06. The Bertz CT molecular complexity index is 1040. The smallest absolute Gasteiger partial charge is 0.250 e. The van der Waals surface area contributed by atoms with Gasteiger partial charge in [0.1, 0.15) is 0 Å². The fourth-order valence-corrected chi connectivity index (χ4v) is 2.90. The maximum atomic E-state index is 13.4. The zero-order chi connectivity index (χ0) is 19.4. The zero-order valence-corrected chi connectivity index (χ0v) is 14.8. The van der Waals surface area contributed by atoms with Crippen LogP contribution in [-0.4, -0.2) is 13.3 Å². The third kappa shape index (κ3) is 4.94. The van der Waals surface area contributed by atoms with Crippen LogP contribution in [-0.2, 0) is 24.4 Å². The number of rotatable bonds is 6. The molecule has 1 N–H and O–H groups in total. The molecule has 0 spiro atoms. The van der Waals surface area contributed by atoms with Crippen LogP contribution in [0.2, 0.25) is 0 Å². The summed E-state index contributed by atoms with van der Waals surface area (Å²) in [6, 6.07) is 13.8. The molecule has 0 saturated heterocycles. The number of hydrogen-bond acceptors (Lipinski definition) is 3. The van der Waals surface area contributed by atoms with Crippen LogP contribution in [0.1, 0.15) is 11.1 Å². The summed E-state index contributed by atoms with van der Waals surface area (Å²) in [6.07, 6.45) is 1.64. The van der Waals surface area contributed by atoms with E-state index in [0.29, 0.717) is 5.56 Å². The van der Waals surface area contributed by atoms with Gasteiger partial charge >= 0.3 is 0 Å². The van der Waals surface area contributed by atoms with Crippen molar-refractivity contribution in [1.82, 2.24) is 9.29 Å². The number of halogens is 2. The second-order valence-corrected chi connectivity index (χ2v) is 6.64. The highest BCUT2D eigenvalue weighted by atomic mass is 32.2. The number of nitrogens with zero attached hydrogens (tertiary/aromatic N) is 1. The molecule has 0 aliphatic rings. The Labute approximate surface area is 156 Å². The third-order valence-corrected chi connectivity index (χ3v) is 4.38. The molecule has 3 aromatic rings. The van der Waals surface area contributed by atoms with Crippen molar-refractivity contribution in [2.45, 2.75) is 13.1 Å². The van der Waals surface area contributed by atoms with E-state index in [9.17, 15) is 22.3 Å². The van der Waals surface area contributed by atoms with Crippen LogP contribution in [0.25, 0.3) is 11.1 Å². The first kappa shape index (κ1) is 19.1. The number of nitrogens with one attached hydrogen (secondary N) is 1. The molecule has 0 amide bonds. The maximum absolute atomic E-state index is 13.4. The molecule has 0 bridgehead atoms. The third-order valence-electron chi connectivity index (χ3n) is 4.00. The quantitative estimate of drug-likeness (QED) is 0.659. The van der Waals surface area contributed by atoms with E-state index in [1.807, 2.05) is 12.1 Å². The molecule has 0 fully saturated rings. The van der Waals surface area contributed by atoms with Gasteiger partial charge in [0.15, 0.2) is 11.6 Å². The van der Waals surface area contributed by atoms with Crippen molar-refractivity contribution in [1.29, 1.82) is 0 Å². The molecule has 1 heterocycles. The van der Waals surface area contributed by atoms with Crippen LogP contribution >= 0.6 is 0 Å². The van der Waals surface area contributed by atoms with Gasteiger partial charge in [0.05, 0.1) is 6.54 Å². The van der Waals surface area contributed by atoms with E-state index in [4.69, 9.17) is 0 Å². The number of aromatic nitrogens is 1. The molecular weight excluding hydrogens is 374 g/mol. The molecule has 0 radical (unpaired) electrons. The second-order valence-electron chi connectivity index (χ2n) is 5.89. The van der Waals surface area contributed by atoms with Crippen molar-refractivity contribution >= 4 is 11.3 Å². The molecule has 2 aromatic carbocycles. The van der Waals surface area contributed by atoms with Crippen LogP contribution in [0.15, 0.2) is 65.6 Å². The van der Waals surface area contributed by atoms with Gasteiger partial charge in [-0.05, 0) is 40.5 Å². The first-order chi connectivity index (χ1) is 12.9. The van der Waals surface area contributed by atoms with Crippen molar-refractivity contribution in [3.63, 3.8) is 0 Å². The molecule has 140 valence electrons. The Morgan fingerprint density at radius 2 is 1.59 bits per heavy atom. The summed E-state index contributed by atoms with van der Waals surface area (Å²) in [6.45, 7) is 0.299. The lowest BCUT2D eigenvalue weighted by molar-refractivity contribution is 0.506. The topological polar surface area (TPSA) is 74.2 Å². The van der Waals surface area contributed by atoms with Crippen LogP contribution < -0.4 is 10.3 Å². The van der Waals surface area contributed by atoms with E-state index in [-0.39, 0.29) is 18.6 Å². The number of hydrogen-bond donors (Lipinski definition) is 1. The Kier molecular flexibility index (Phi) is 5.90. The minimum absolute atomic E-state index is 0.112. The van der Waals surface area contributed by atoms with Gasteiger partial charge in [0.25, 0.3) is 5.56 Å². The van der Waals surface area contributed by atoms with Crippen LogP contribution in [0.4, 0.5) is 8.78 Å². The van der Waals surface area contributed by atoms with Crippen LogP contribution in [0.3, 0.4) is 0 Å². The molecule has 3 rings (SSSR count). The standard InChI is InChI=1S/C19H16F2N2O3S/c20-17-7-3-14(9-18(17)21)11-23-12-16(6-8-19(23)24)15-4-1-13(2-5-15)10-22-27(25)26/h1-9,12,22H,10-11H2,(H,25,26)/p-1. The van der Waals surface area contributed by atoms with Gasteiger partial charge in [-0.2, -0.15) is 0 Å². The van der Waals surface area contributed by atoms with E-state index in [1.54, 1.807) is 24.4 Å². The zero-order valence-electron chi connectivity index (χ0n) is 14.0. The maximum Gasteiger partial charge on any atom is 0.250 e. The predicted molar refractivity (Wildman–Crippen MR) is 97.4 cm³/mol. The fourth-order valence-electron chi connectivity index (χ4n) is 2.62. The van der Waals surface area contributed by atoms with Gasteiger partial charge in [0.2, 0.25) is 0 Å². The average molecular weight is 389 g/mol. The Morgan fingerprint density at radius 1 is 0.926 bits per heavy atom. The van der Waals surface area contributed by atoms with Gasteiger partial charge in [-0.1, -0.05) is 30.3 Å². The summed E-state index contributed by atoms with van der Waals surface area (Å²) >= 11 is -2.32. The highest BCUT2D eigenvalue weighted by molar-refractivity contribution is 7.77. The lowest BCUT2D eigenvalue weighted by Gasteiger charge is -2.10. The van der Waals surface area contributed by atoms with Gasteiger partial charge in [-0.25, -0.2) is 13.5 Å². The van der Waals surface area contributed by atoms with E-state index in [2.05, 4.69) is 4.72 Å². The largest absolute Gasteiger partial charge is 0.760 e. The molecule has 8 heteroatoms. The molecule has 0 saturated carbocycles. The van der Waals surface area contributed by atoms with E-state index in [1.165, 1.54) is 16.7 Å². The normalized spacial score (nSPS) is 12.1. The van der Waals surface area contributed by atoms with Gasteiger partial charge in [-0.3, -0.25) is 9.00 Å². The predicted octanol–water partition coefficient (Wildman–Crippen LogP) is 2.73. The highest BCUT2D eigenvalue weighted by Gasteiger charge is 2.06. The lowest BCUT2D eigenvalue weighted by Crippen LogP contribution is -2.19. The van der Waals surface area contributed by atoms with Crippen molar-refractivity contribution in [2.75, 3.05) is 0 Å². The lowest BCUT2D eigenvalue weighted by atomic mass is 10.1. The van der Waals surface area contributed by atoms with Gasteiger partial charge in [-0.15, -0.1) is 0 Å². The summed E-state index contributed by atoms with van der Waals surface area (Å²) in [4.78, 5) is 12.1.